The molecule has 0 aliphatic carbocycles. The number of hydrogen-bond acceptors (Lipinski definition) is 5. The normalized spacial score (nSPS) is 16.3. The quantitative estimate of drug-likeness (QED) is 0.779. The van der Waals surface area contributed by atoms with Crippen LogP contribution in [-0.4, -0.2) is 38.5 Å². The van der Waals surface area contributed by atoms with E-state index in [2.05, 4.69) is 0 Å². The Balaban J connectivity index is 1.79. The number of nitrogens with zero attached hydrogens (tertiary/aromatic N) is 2. The molecule has 0 fully saturated rings. The predicted octanol–water partition coefficient (Wildman–Crippen LogP) is 2.80. The molecule has 0 unspecified atom stereocenters. The molecule has 0 saturated heterocycles. The molecule has 0 N–H and O–H groups in total. The van der Waals surface area contributed by atoms with E-state index in [0.29, 0.717) is 36.6 Å². The Morgan fingerprint density at radius 3 is 2.50 bits per heavy atom. The van der Waals surface area contributed by atoms with Crippen LogP contribution in [0.4, 0.5) is 0 Å². The van der Waals surface area contributed by atoms with Gasteiger partial charge < -0.3 is 9.47 Å². The Morgan fingerprint density at radius 1 is 1.15 bits per heavy atom. The van der Waals surface area contributed by atoms with E-state index in [0.717, 1.165) is 0 Å². The second kappa shape index (κ2) is 7.77. The van der Waals surface area contributed by atoms with Crippen LogP contribution in [0.15, 0.2) is 53.4 Å². The number of nitriles is 1. The van der Waals surface area contributed by atoms with E-state index >= 15 is 0 Å². The minimum atomic E-state index is -3.68. The summed E-state index contributed by atoms with van der Waals surface area (Å²) in [5.41, 5.74) is 0.423. The van der Waals surface area contributed by atoms with Gasteiger partial charge in [0.2, 0.25) is 10.0 Å². The SMILES string of the molecule is CCCN(C[C@H]1COc2ccccc2O1)S(=O)(=O)c1ccc(C#N)cc1. The summed E-state index contributed by atoms with van der Waals surface area (Å²) in [4.78, 5) is 0.169. The van der Waals surface area contributed by atoms with Crippen LogP contribution < -0.4 is 9.47 Å². The number of sulfonamides is 1. The first-order valence-corrected chi connectivity index (χ1v) is 9.87. The van der Waals surface area contributed by atoms with Crippen LogP contribution in [0.5, 0.6) is 11.5 Å². The van der Waals surface area contributed by atoms with E-state index in [1.165, 1.54) is 28.6 Å². The molecule has 3 rings (SSSR count). The molecule has 6 nitrogen and oxygen atoms in total. The lowest BCUT2D eigenvalue weighted by Gasteiger charge is -2.30. The minimum Gasteiger partial charge on any atom is -0.486 e. The van der Waals surface area contributed by atoms with Gasteiger partial charge in [0.15, 0.2) is 11.5 Å². The molecule has 0 amide bonds. The topological polar surface area (TPSA) is 79.6 Å². The molecule has 0 saturated carbocycles. The van der Waals surface area contributed by atoms with Gasteiger partial charge in [0.05, 0.1) is 23.1 Å². The van der Waals surface area contributed by atoms with Crippen LogP contribution in [0.3, 0.4) is 0 Å². The number of rotatable bonds is 6. The van der Waals surface area contributed by atoms with Gasteiger partial charge in [-0.3, -0.25) is 0 Å². The highest BCUT2D eigenvalue weighted by Gasteiger charge is 2.30. The molecular weight excluding hydrogens is 352 g/mol. The summed E-state index contributed by atoms with van der Waals surface area (Å²) < 4.78 is 39.0. The van der Waals surface area contributed by atoms with Gasteiger partial charge in [-0.05, 0) is 42.8 Å². The average Bonchev–Trinajstić information content (AvgIpc) is 2.67. The van der Waals surface area contributed by atoms with Crippen molar-refractivity contribution in [3.05, 3.63) is 54.1 Å². The lowest BCUT2D eigenvalue weighted by atomic mass is 10.2. The number of para-hydroxylation sites is 2. The van der Waals surface area contributed by atoms with Gasteiger partial charge in [0.1, 0.15) is 12.7 Å². The maximum absolute atomic E-state index is 13.0. The Bertz CT molecular complexity index is 904. The fourth-order valence-corrected chi connectivity index (χ4v) is 4.35. The Kier molecular flexibility index (Phi) is 5.45. The lowest BCUT2D eigenvalue weighted by molar-refractivity contribution is 0.0764. The summed E-state index contributed by atoms with van der Waals surface area (Å²) in [6, 6.07) is 15.3. The maximum Gasteiger partial charge on any atom is 0.243 e. The molecule has 1 heterocycles. The van der Waals surface area contributed by atoms with Crippen LogP contribution in [0.25, 0.3) is 0 Å². The van der Waals surface area contributed by atoms with Crippen molar-refractivity contribution < 1.29 is 17.9 Å². The molecule has 0 spiro atoms. The molecule has 136 valence electrons. The van der Waals surface area contributed by atoms with Crippen LogP contribution >= 0.6 is 0 Å². The Morgan fingerprint density at radius 2 is 1.85 bits per heavy atom. The minimum absolute atomic E-state index is 0.169. The summed E-state index contributed by atoms with van der Waals surface area (Å²) in [5.74, 6) is 1.29. The van der Waals surface area contributed by atoms with Crippen molar-refractivity contribution in [1.82, 2.24) is 4.31 Å². The molecule has 0 aromatic heterocycles. The summed E-state index contributed by atoms with van der Waals surface area (Å²) in [6.07, 6.45) is 0.296. The maximum atomic E-state index is 13.0. The van der Waals surface area contributed by atoms with Gasteiger partial charge in [-0.25, -0.2) is 8.42 Å². The zero-order valence-corrected chi connectivity index (χ0v) is 15.3. The van der Waals surface area contributed by atoms with Gasteiger partial charge in [0.25, 0.3) is 0 Å². The van der Waals surface area contributed by atoms with E-state index in [-0.39, 0.29) is 17.5 Å². The van der Waals surface area contributed by atoms with Gasteiger partial charge in [0, 0.05) is 6.54 Å². The molecule has 1 atom stereocenters. The van der Waals surface area contributed by atoms with Crippen molar-refractivity contribution in [2.75, 3.05) is 19.7 Å². The zero-order valence-electron chi connectivity index (χ0n) is 14.5. The highest BCUT2D eigenvalue weighted by atomic mass is 32.2. The first-order valence-electron chi connectivity index (χ1n) is 8.43. The average molecular weight is 372 g/mol. The molecule has 0 bridgehead atoms. The standard InChI is InChI=1S/C19H20N2O4S/c1-2-11-21(26(22,23)17-9-7-15(12-20)8-10-17)13-16-14-24-18-5-3-4-6-19(18)25-16/h3-10,16H,2,11,13-14H2,1H3/t16-/m0/s1. The van der Waals surface area contributed by atoms with E-state index < -0.39 is 10.0 Å². The van der Waals surface area contributed by atoms with Crippen molar-refractivity contribution >= 4 is 10.0 Å². The molecule has 1 aliphatic rings. The molecule has 2 aromatic rings. The van der Waals surface area contributed by atoms with Crippen LogP contribution in [0, 0.1) is 11.3 Å². The number of hydrogen-bond donors (Lipinski definition) is 0. The summed E-state index contributed by atoms with van der Waals surface area (Å²) in [7, 11) is -3.68. The van der Waals surface area contributed by atoms with Crippen LogP contribution in [0.1, 0.15) is 18.9 Å². The largest absolute Gasteiger partial charge is 0.486 e. The first kappa shape index (κ1) is 18.2. The smallest absolute Gasteiger partial charge is 0.243 e. The summed E-state index contributed by atoms with van der Waals surface area (Å²) in [5, 5.41) is 8.88. The predicted molar refractivity (Wildman–Crippen MR) is 96.6 cm³/mol. The second-order valence-electron chi connectivity index (χ2n) is 6.00. The molecular formula is C19H20N2O4S. The number of benzene rings is 2. The molecule has 0 radical (unpaired) electrons. The van der Waals surface area contributed by atoms with E-state index in [4.69, 9.17) is 14.7 Å². The molecule has 1 aliphatic heterocycles. The van der Waals surface area contributed by atoms with Gasteiger partial charge in [-0.15, -0.1) is 0 Å². The monoisotopic (exact) mass is 372 g/mol. The molecule has 7 heteroatoms. The van der Waals surface area contributed by atoms with Crippen LogP contribution in [-0.2, 0) is 10.0 Å². The third-order valence-electron chi connectivity index (χ3n) is 4.07. The first-order chi connectivity index (χ1) is 12.5. The molecule has 26 heavy (non-hydrogen) atoms. The number of ether oxygens (including phenoxy) is 2. The fraction of sp³-hybridized carbons (Fsp3) is 0.316. The third kappa shape index (κ3) is 3.82. The summed E-state index contributed by atoms with van der Waals surface area (Å²) >= 11 is 0. The van der Waals surface area contributed by atoms with E-state index in [1.54, 1.807) is 6.07 Å². The number of fused-ring (bicyclic) bond motifs is 1. The summed E-state index contributed by atoms with van der Waals surface area (Å²) in [6.45, 7) is 2.79. The zero-order chi connectivity index (χ0) is 18.6. The fourth-order valence-electron chi connectivity index (χ4n) is 2.79. The highest BCUT2D eigenvalue weighted by molar-refractivity contribution is 7.89. The van der Waals surface area contributed by atoms with Crippen molar-refractivity contribution in [3.63, 3.8) is 0 Å². The van der Waals surface area contributed by atoms with E-state index in [9.17, 15) is 8.42 Å². The highest BCUT2D eigenvalue weighted by Crippen LogP contribution is 2.31. The third-order valence-corrected chi connectivity index (χ3v) is 5.95. The van der Waals surface area contributed by atoms with Gasteiger partial charge in [-0.1, -0.05) is 19.1 Å². The van der Waals surface area contributed by atoms with E-state index in [1.807, 2.05) is 31.2 Å². The second-order valence-corrected chi connectivity index (χ2v) is 7.93. The van der Waals surface area contributed by atoms with Crippen molar-refractivity contribution in [3.8, 4) is 17.6 Å². The van der Waals surface area contributed by atoms with Crippen molar-refractivity contribution in [2.24, 2.45) is 0 Å². The Labute approximate surface area is 153 Å². The Hall–Kier alpha value is -2.56. The van der Waals surface area contributed by atoms with Crippen LogP contribution in [0.2, 0.25) is 0 Å². The molecule has 2 aromatic carbocycles. The lowest BCUT2D eigenvalue weighted by Crippen LogP contribution is -2.44. The van der Waals surface area contributed by atoms with Gasteiger partial charge in [-0.2, -0.15) is 9.57 Å². The van der Waals surface area contributed by atoms with Crippen molar-refractivity contribution in [1.29, 1.82) is 5.26 Å². The van der Waals surface area contributed by atoms with Crippen molar-refractivity contribution in [2.45, 2.75) is 24.3 Å². The van der Waals surface area contributed by atoms with Gasteiger partial charge >= 0.3 is 0 Å².